The van der Waals surface area contributed by atoms with Crippen LogP contribution >= 0.6 is 0 Å². The molecule has 13 heavy (non-hydrogen) atoms. The standard InChI is InChI=1S/C9H19N3O/c1-7-4-12(5-8(7)10)6-9(13)11(2)3/h7-8H,4-6,10H2,1-3H3. The maximum Gasteiger partial charge on any atom is 0.236 e. The number of nitrogens with zero attached hydrogens (tertiary/aromatic N) is 2. The fourth-order valence-electron chi connectivity index (χ4n) is 1.56. The molecule has 0 bridgehead atoms. The van der Waals surface area contributed by atoms with Crippen molar-refractivity contribution < 1.29 is 4.79 Å². The molecule has 2 N–H and O–H groups in total. The highest BCUT2D eigenvalue weighted by molar-refractivity contribution is 5.77. The Bertz CT molecular complexity index is 183. The van der Waals surface area contributed by atoms with E-state index in [1.807, 2.05) is 0 Å². The van der Waals surface area contributed by atoms with Crippen LogP contribution in [-0.2, 0) is 4.79 Å². The van der Waals surface area contributed by atoms with Crippen LogP contribution in [0.25, 0.3) is 0 Å². The van der Waals surface area contributed by atoms with Gasteiger partial charge in [0.25, 0.3) is 0 Å². The third-order valence-electron chi connectivity index (χ3n) is 2.60. The molecule has 0 aromatic carbocycles. The number of nitrogens with two attached hydrogens (primary N) is 1. The molecule has 2 atom stereocenters. The summed E-state index contributed by atoms with van der Waals surface area (Å²) in [5.41, 5.74) is 5.85. The quantitative estimate of drug-likeness (QED) is 0.622. The Kier molecular flexibility index (Phi) is 3.27. The van der Waals surface area contributed by atoms with Gasteiger partial charge in [-0.15, -0.1) is 0 Å². The number of likely N-dealkylation sites (tertiary alicyclic amines) is 1. The molecule has 0 radical (unpaired) electrons. The average Bonchev–Trinajstić information content (AvgIpc) is 2.31. The topological polar surface area (TPSA) is 49.6 Å². The van der Waals surface area contributed by atoms with Crippen molar-refractivity contribution in [3.63, 3.8) is 0 Å². The van der Waals surface area contributed by atoms with E-state index in [-0.39, 0.29) is 11.9 Å². The van der Waals surface area contributed by atoms with E-state index in [0.717, 1.165) is 13.1 Å². The molecule has 0 spiro atoms. The number of hydrogen-bond donors (Lipinski definition) is 1. The van der Waals surface area contributed by atoms with Crippen molar-refractivity contribution in [3.8, 4) is 0 Å². The summed E-state index contributed by atoms with van der Waals surface area (Å²) in [6.07, 6.45) is 0. The molecule has 1 heterocycles. The summed E-state index contributed by atoms with van der Waals surface area (Å²) in [6, 6.07) is 0.231. The minimum atomic E-state index is 0.154. The molecule has 1 fully saturated rings. The molecule has 0 aliphatic carbocycles. The van der Waals surface area contributed by atoms with E-state index in [9.17, 15) is 4.79 Å². The highest BCUT2D eigenvalue weighted by atomic mass is 16.2. The van der Waals surface area contributed by atoms with Gasteiger partial charge in [-0.25, -0.2) is 0 Å². The summed E-state index contributed by atoms with van der Waals surface area (Å²) in [4.78, 5) is 15.1. The van der Waals surface area contributed by atoms with E-state index >= 15 is 0 Å². The molecule has 0 aromatic heterocycles. The molecule has 1 rings (SSSR count). The van der Waals surface area contributed by atoms with E-state index in [1.165, 1.54) is 0 Å². The van der Waals surface area contributed by atoms with Crippen LogP contribution in [0.2, 0.25) is 0 Å². The van der Waals surface area contributed by atoms with Gasteiger partial charge in [0.05, 0.1) is 6.54 Å². The van der Waals surface area contributed by atoms with Gasteiger partial charge in [0.2, 0.25) is 5.91 Å². The zero-order valence-corrected chi connectivity index (χ0v) is 8.66. The maximum atomic E-state index is 11.4. The van der Waals surface area contributed by atoms with Crippen LogP contribution in [0.5, 0.6) is 0 Å². The van der Waals surface area contributed by atoms with Crippen molar-refractivity contribution in [2.45, 2.75) is 13.0 Å². The van der Waals surface area contributed by atoms with E-state index in [4.69, 9.17) is 5.73 Å². The molecule has 0 saturated carbocycles. The monoisotopic (exact) mass is 185 g/mol. The molecule has 76 valence electrons. The van der Waals surface area contributed by atoms with Gasteiger partial charge in [0.1, 0.15) is 0 Å². The number of likely N-dealkylation sites (N-methyl/N-ethyl adjacent to an activating group) is 1. The highest BCUT2D eigenvalue weighted by Crippen LogP contribution is 2.13. The van der Waals surface area contributed by atoms with Gasteiger partial charge < -0.3 is 10.6 Å². The normalized spacial score (nSPS) is 29.2. The van der Waals surface area contributed by atoms with Gasteiger partial charge in [0.15, 0.2) is 0 Å². The zero-order valence-electron chi connectivity index (χ0n) is 8.66. The smallest absolute Gasteiger partial charge is 0.236 e. The lowest BCUT2D eigenvalue weighted by molar-refractivity contribution is -0.129. The average molecular weight is 185 g/mol. The molecule has 1 saturated heterocycles. The summed E-state index contributed by atoms with van der Waals surface area (Å²) >= 11 is 0. The molecule has 4 heteroatoms. The SMILES string of the molecule is CC1CN(CC(=O)N(C)C)CC1N. The predicted molar refractivity (Wildman–Crippen MR) is 52.3 cm³/mol. The molecular formula is C9H19N3O. The van der Waals surface area contributed by atoms with Crippen LogP contribution in [0.4, 0.5) is 0 Å². The van der Waals surface area contributed by atoms with Crippen molar-refractivity contribution in [3.05, 3.63) is 0 Å². The summed E-state index contributed by atoms with van der Waals surface area (Å²) in [6.45, 7) is 4.43. The van der Waals surface area contributed by atoms with Crippen molar-refractivity contribution in [1.82, 2.24) is 9.80 Å². The van der Waals surface area contributed by atoms with Gasteiger partial charge in [-0.05, 0) is 5.92 Å². The van der Waals surface area contributed by atoms with Crippen LogP contribution < -0.4 is 5.73 Å². The van der Waals surface area contributed by atoms with Gasteiger partial charge in [-0.2, -0.15) is 0 Å². The second kappa shape index (κ2) is 4.07. The minimum Gasteiger partial charge on any atom is -0.348 e. The van der Waals surface area contributed by atoms with Crippen LogP contribution in [0.15, 0.2) is 0 Å². The Morgan fingerprint density at radius 2 is 2.15 bits per heavy atom. The first-order chi connectivity index (χ1) is 6.00. The number of carbonyl (C=O) groups is 1. The predicted octanol–water partition coefficient (Wildman–Crippen LogP) is -0.646. The molecular weight excluding hydrogens is 166 g/mol. The van der Waals surface area contributed by atoms with Crippen molar-refractivity contribution in [2.24, 2.45) is 11.7 Å². The largest absolute Gasteiger partial charge is 0.348 e. The summed E-state index contributed by atoms with van der Waals surface area (Å²) in [5, 5.41) is 0. The van der Waals surface area contributed by atoms with Crippen molar-refractivity contribution in [1.29, 1.82) is 0 Å². The molecule has 4 nitrogen and oxygen atoms in total. The van der Waals surface area contributed by atoms with E-state index in [2.05, 4.69) is 11.8 Å². The first kappa shape index (κ1) is 10.5. The van der Waals surface area contributed by atoms with Crippen LogP contribution in [-0.4, -0.2) is 55.5 Å². The molecule has 1 aliphatic rings. The molecule has 0 aromatic rings. The Balaban J connectivity index is 2.36. The second-order valence-electron chi connectivity index (χ2n) is 4.12. The third kappa shape index (κ3) is 2.67. The lowest BCUT2D eigenvalue weighted by Gasteiger charge is -2.17. The third-order valence-corrected chi connectivity index (χ3v) is 2.60. The van der Waals surface area contributed by atoms with Gasteiger partial charge in [-0.1, -0.05) is 6.92 Å². The maximum absolute atomic E-state index is 11.4. The minimum absolute atomic E-state index is 0.154. The van der Waals surface area contributed by atoms with Crippen LogP contribution in [0, 0.1) is 5.92 Å². The van der Waals surface area contributed by atoms with E-state index in [0.29, 0.717) is 12.5 Å². The molecule has 1 amide bonds. The summed E-state index contributed by atoms with van der Waals surface area (Å²) in [7, 11) is 3.56. The molecule has 1 aliphatic heterocycles. The lowest BCUT2D eigenvalue weighted by atomic mass is 10.1. The Hall–Kier alpha value is -0.610. The fraction of sp³-hybridized carbons (Fsp3) is 0.889. The Morgan fingerprint density at radius 1 is 1.54 bits per heavy atom. The first-order valence-electron chi connectivity index (χ1n) is 4.68. The second-order valence-corrected chi connectivity index (χ2v) is 4.12. The molecule has 2 unspecified atom stereocenters. The van der Waals surface area contributed by atoms with Crippen LogP contribution in [0.3, 0.4) is 0 Å². The number of rotatable bonds is 2. The summed E-state index contributed by atoms with van der Waals surface area (Å²) < 4.78 is 0. The first-order valence-corrected chi connectivity index (χ1v) is 4.68. The van der Waals surface area contributed by atoms with Gasteiger partial charge in [0, 0.05) is 33.2 Å². The van der Waals surface area contributed by atoms with E-state index in [1.54, 1.807) is 19.0 Å². The Labute approximate surface area is 79.7 Å². The highest BCUT2D eigenvalue weighted by Gasteiger charge is 2.27. The number of carbonyl (C=O) groups excluding carboxylic acids is 1. The van der Waals surface area contributed by atoms with E-state index < -0.39 is 0 Å². The van der Waals surface area contributed by atoms with Gasteiger partial charge in [-0.3, -0.25) is 9.69 Å². The fourth-order valence-corrected chi connectivity index (χ4v) is 1.56. The van der Waals surface area contributed by atoms with Gasteiger partial charge >= 0.3 is 0 Å². The lowest BCUT2D eigenvalue weighted by Crippen LogP contribution is -2.36. The Morgan fingerprint density at radius 3 is 2.54 bits per heavy atom. The zero-order chi connectivity index (χ0) is 10.0. The van der Waals surface area contributed by atoms with Crippen LogP contribution in [0.1, 0.15) is 6.92 Å². The van der Waals surface area contributed by atoms with Crippen molar-refractivity contribution >= 4 is 5.91 Å². The summed E-state index contributed by atoms with van der Waals surface area (Å²) in [5.74, 6) is 0.663. The van der Waals surface area contributed by atoms with Crippen molar-refractivity contribution in [2.75, 3.05) is 33.7 Å². The number of hydrogen-bond acceptors (Lipinski definition) is 3. The number of amides is 1.